The lowest BCUT2D eigenvalue weighted by Gasteiger charge is -2.32. The van der Waals surface area contributed by atoms with Crippen LogP contribution in [0, 0.1) is 5.92 Å². The van der Waals surface area contributed by atoms with Crippen molar-refractivity contribution in [3.63, 3.8) is 0 Å². The maximum Gasteiger partial charge on any atom is 0.255 e. The summed E-state index contributed by atoms with van der Waals surface area (Å²) in [5.74, 6) is 1.08. The average molecular weight is 351 g/mol. The smallest absolute Gasteiger partial charge is 0.255 e. The molecule has 0 aliphatic carbocycles. The van der Waals surface area contributed by atoms with Crippen LogP contribution < -0.4 is 0 Å². The molecule has 0 saturated carbocycles. The molecule has 1 unspecified atom stereocenters. The van der Waals surface area contributed by atoms with Gasteiger partial charge < -0.3 is 4.90 Å². The van der Waals surface area contributed by atoms with Gasteiger partial charge in [-0.05, 0) is 52.9 Å². The summed E-state index contributed by atoms with van der Waals surface area (Å²) in [5.41, 5.74) is 0.662. The number of amides is 1. The molecule has 1 amide bonds. The molecular formula is C13H14BrCl2NO. The molecular weight excluding hydrogens is 337 g/mol. The van der Waals surface area contributed by atoms with E-state index in [-0.39, 0.29) is 5.91 Å². The fraction of sp³-hybridized carbons (Fsp3) is 0.462. The number of carbonyl (C=O) groups excluding carboxylic acids is 1. The Morgan fingerprint density at radius 3 is 2.94 bits per heavy atom. The summed E-state index contributed by atoms with van der Waals surface area (Å²) in [5, 5.41) is 0.621. The Balaban J connectivity index is 2.15. The quantitative estimate of drug-likeness (QED) is 0.732. The highest BCUT2D eigenvalue weighted by Gasteiger charge is 2.25. The Hall–Kier alpha value is -0.250. The SMILES string of the molecule is O=C(c1ccc(Cl)cc1Br)N1CCCC(CCl)C1. The van der Waals surface area contributed by atoms with E-state index in [0.717, 1.165) is 30.4 Å². The van der Waals surface area contributed by atoms with E-state index in [1.807, 2.05) is 4.90 Å². The molecule has 1 aromatic carbocycles. The van der Waals surface area contributed by atoms with E-state index < -0.39 is 0 Å². The lowest BCUT2D eigenvalue weighted by atomic mass is 9.99. The summed E-state index contributed by atoms with van der Waals surface area (Å²) < 4.78 is 0.744. The number of rotatable bonds is 2. The summed E-state index contributed by atoms with van der Waals surface area (Å²) in [6.45, 7) is 1.55. The van der Waals surface area contributed by atoms with Gasteiger partial charge >= 0.3 is 0 Å². The van der Waals surface area contributed by atoms with Gasteiger partial charge in [0.15, 0.2) is 0 Å². The Morgan fingerprint density at radius 2 is 2.28 bits per heavy atom. The second-order valence-corrected chi connectivity index (χ2v) is 6.14. The fourth-order valence-corrected chi connectivity index (χ4v) is 3.31. The monoisotopic (exact) mass is 349 g/mol. The third-order valence-corrected chi connectivity index (χ3v) is 4.51. The summed E-state index contributed by atoms with van der Waals surface area (Å²) >= 11 is 15.2. The first-order chi connectivity index (χ1) is 8.61. The molecule has 98 valence electrons. The highest BCUT2D eigenvalue weighted by atomic mass is 79.9. The van der Waals surface area contributed by atoms with Crippen LogP contribution in [-0.2, 0) is 0 Å². The largest absolute Gasteiger partial charge is 0.338 e. The van der Waals surface area contributed by atoms with Crippen LogP contribution >= 0.6 is 39.1 Å². The Kier molecular flexibility index (Phi) is 4.93. The highest BCUT2D eigenvalue weighted by Crippen LogP contribution is 2.25. The van der Waals surface area contributed by atoms with Crippen LogP contribution in [0.3, 0.4) is 0 Å². The van der Waals surface area contributed by atoms with Gasteiger partial charge in [-0.2, -0.15) is 0 Å². The Bertz CT molecular complexity index is 453. The van der Waals surface area contributed by atoms with Crippen molar-refractivity contribution in [1.82, 2.24) is 4.90 Å². The minimum atomic E-state index is 0.0494. The van der Waals surface area contributed by atoms with Gasteiger partial charge in [0, 0.05) is 28.5 Å². The van der Waals surface area contributed by atoms with Crippen molar-refractivity contribution < 1.29 is 4.79 Å². The van der Waals surface area contributed by atoms with Gasteiger partial charge in [0.25, 0.3) is 5.91 Å². The zero-order valence-corrected chi connectivity index (χ0v) is 12.9. The third-order valence-electron chi connectivity index (χ3n) is 3.19. The minimum Gasteiger partial charge on any atom is -0.338 e. The summed E-state index contributed by atoms with van der Waals surface area (Å²) in [4.78, 5) is 14.3. The molecule has 1 atom stereocenters. The number of benzene rings is 1. The highest BCUT2D eigenvalue weighted by molar-refractivity contribution is 9.10. The number of hydrogen-bond acceptors (Lipinski definition) is 1. The number of alkyl halides is 1. The van der Waals surface area contributed by atoms with Crippen LogP contribution in [0.4, 0.5) is 0 Å². The van der Waals surface area contributed by atoms with Gasteiger partial charge in [0.1, 0.15) is 0 Å². The van der Waals surface area contributed by atoms with Crippen LogP contribution in [0.15, 0.2) is 22.7 Å². The van der Waals surface area contributed by atoms with Gasteiger partial charge in [-0.1, -0.05) is 11.6 Å². The third kappa shape index (κ3) is 3.19. The van der Waals surface area contributed by atoms with E-state index in [2.05, 4.69) is 15.9 Å². The summed E-state index contributed by atoms with van der Waals surface area (Å²) in [6.07, 6.45) is 2.13. The van der Waals surface area contributed by atoms with Crippen molar-refractivity contribution in [2.45, 2.75) is 12.8 Å². The molecule has 1 fully saturated rings. The first-order valence-electron chi connectivity index (χ1n) is 5.92. The number of piperidine rings is 1. The summed E-state index contributed by atoms with van der Waals surface area (Å²) in [6, 6.07) is 5.25. The van der Waals surface area contributed by atoms with Gasteiger partial charge in [0.05, 0.1) is 5.56 Å². The zero-order valence-electron chi connectivity index (χ0n) is 9.83. The van der Waals surface area contributed by atoms with E-state index in [4.69, 9.17) is 23.2 Å². The van der Waals surface area contributed by atoms with E-state index in [1.54, 1.807) is 18.2 Å². The molecule has 0 bridgehead atoms. The molecule has 0 N–H and O–H groups in total. The molecule has 1 aromatic rings. The van der Waals surface area contributed by atoms with E-state index in [0.29, 0.717) is 22.4 Å². The Labute approximate surface area is 125 Å². The maximum absolute atomic E-state index is 12.4. The van der Waals surface area contributed by atoms with Crippen LogP contribution in [-0.4, -0.2) is 29.8 Å². The topological polar surface area (TPSA) is 20.3 Å². The Morgan fingerprint density at radius 1 is 1.50 bits per heavy atom. The van der Waals surface area contributed by atoms with Crippen LogP contribution in [0.25, 0.3) is 0 Å². The van der Waals surface area contributed by atoms with Gasteiger partial charge in [-0.3, -0.25) is 4.79 Å². The molecule has 0 aromatic heterocycles. The number of hydrogen-bond donors (Lipinski definition) is 0. The zero-order chi connectivity index (χ0) is 13.1. The molecule has 0 spiro atoms. The number of nitrogens with zero attached hydrogens (tertiary/aromatic N) is 1. The van der Waals surface area contributed by atoms with Crippen molar-refractivity contribution in [2.75, 3.05) is 19.0 Å². The minimum absolute atomic E-state index is 0.0494. The standard InChI is InChI=1S/C13H14BrCl2NO/c14-12-6-10(16)3-4-11(12)13(18)17-5-1-2-9(7-15)8-17/h3-4,6,9H,1-2,5,7-8H2. The first kappa shape index (κ1) is 14.2. The van der Waals surface area contributed by atoms with Crippen molar-refractivity contribution in [3.8, 4) is 0 Å². The maximum atomic E-state index is 12.4. The van der Waals surface area contributed by atoms with Crippen LogP contribution in [0.5, 0.6) is 0 Å². The molecule has 0 radical (unpaired) electrons. The first-order valence-corrected chi connectivity index (χ1v) is 7.62. The van der Waals surface area contributed by atoms with Crippen LogP contribution in [0.2, 0.25) is 5.02 Å². The van der Waals surface area contributed by atoms with E-state index in [9.17, 15) is 4.79 Å². The van der Waals surface area contributed by atoms with Gasteiger partial charge in [-0.15, -0.1) is 11.6 Å². The molecule has 1 aliphatic rings. The predicted octanol–water partition coefficient (Wildman–Crippen LogP) is 4.19. The number of likely N-dealkylation sites (tertiary alicyclic amines) is 1. The molecule has 5 heteroatoms. The lowest BCUT2D eigenvalue weighted by molar-refractivity contribution is 0.0684. The number of carbonyl (C=O) groups is 1. The lowest BCUT2D eigenvalue weighted by Crippen LogP contribution is -2.40. The molecule has 18 heavy (non-hydrogen) atoms. The summed E-state index contributed by atoms with van der Waals surface area (Å²) in [7, 11) is 0. The molecule has 2 nitrogen and oxygen atoms in total. The van der Waals surface area contributed by atoms with E-state index in [1.165, 1.54) is 0 Å². The molecule has 1 heterocycles. The van der Waals surface area contributed by atoms with Crippen molar-refractivity contribution in [2.24, 2.45) is 5.92 Å². The van der Waals surface area contributed by atoms with E-state index >= 15 is 0 Å². The van der Waals surface area contributed by atoms with Crippen molar-refractivity contribution >= 4 is 45.0 Å². The average Bonchev–Trinajstić information content (AvgIpc) is 2.38. The van der Waals surface area contributed by atoms with Crippen LogP contribution in [0.1, 0.15) is 23.2 Å². The molecule has 1 aliphatic heterocycles. The number of halogens is 3. The second kappa shape index (κ2) is 6.27. The molecule has 1 saturated heterocycles. The van der Waals surface area contributed by atoms with Gasteiger partial charge in [-0.25, -0.2) is 0 Å². The predicted molar refractivity (Wildman–Crippen MR) is 78.5 cm³/mol. The van der Waals surface area contributed by atoms with Crippen molar-refractivity contribution in [1.29, 1.82) is 0 Å². The fourth-order valence-electron chi connectivity index (χ4n) is 2.21. The normalized spacial score (nSPS) is 19.9. The molecule has 2 rings (SSSR count). The van der Waals surface area contributed by atoms with Gasteiger partial charge in [0.2, 0.25) is 0 Å². The van der Waals surface area contributed by atoms with Crippen molar-refractivity contribution in [3.05, 3.63) is 33.3 Å². The second-order valence-electron chi connectivity index (χ2n) is 4.54.